The third-order valence-corrected chi connectivity index (χ3v) is 5.59. The number of hydrogen-bond donors (Lipinski definition) is 3. The Morgan fingerprint density at radius 1 is 1.11 bits per heavy atom. The van der Waals surface area contributed by atoms with E-state index in [-0.39, 0.29) is 18.2 Å². The van der Waals surface area contributed by atoms with Gasteiger partial charge in [0.05, 0.1) is 19.0 Å². The van der Waals surface area contributed by atoms with Crippen LogP contribution in [0.3, 0.4) is 0 Å². The number of nitrogens with one attached hydrogen (secondary N) is 3. The SMILES string of the molecule is O=C1NC2CC(COc3cncc(n3)Nc3cc([nH]n3)[C@H]3CC[C@H](C3)O1)C2. The van der Waals surface area contributed by atoms with Crippen LogP contribution in [-0.4, -0.2) is 45.0 Å². The molecule has 27 heavy (non-hydrogen) atoms. The van der Waals surface area contributed by atoms with Gasteiger partial charge < -0.3 is 20.1 Å². The fourth-order valence-corrected chi connectivity index (χ4v) is 4.09. The van der Waals surface area contributed by atoms with E-state index in [1.807, 2.05) is 6.07 Å². The summed E-state index contributed by atoms with van der Waals surface area (Å²) in [5.41, 5.74) is 1.03. The van der Waals surface area contributed by atoms with Crippen LogP contribution >= 0.6 is 0 Å². The quantitative estimate of drug-likeness (QED) is 0.653. The number of hydrogen-bond acceptors (Lipinski definition) is 7. The fraction of sp³-hybridized carbons (Fsp3) is 0.556. The molecular formula is C18H22N6O3. The summed E-state index contributed by atoms with van der Waals surface area (Å²) in [6.07, 6.45) is 7.32. The van der Waals surface area contributed by atoms with Crippen molar-refractivity contribution in [1.29, 1.82) is 0 Å². The number of fused-ring (bicyclic) bond motifs is 3. The summed E-state index contributed by atoms with van der Waals surface area (Å²) < 4.78 is 11.4. The Kier molecular flexibility index (Phi) is 4.06. The van der Waals surface area contributed by atoms with Gasteiger partial charge in [0.25, 0.3) is 0 Å². The van der Waals surface area contributed by atoms with Gasteiger partial charge in [0.2, 0.25) is 5.88 Å². The second-order valence-electron chi connectivity index (χ2n) is 7.60. The summed E-state index contributed by atoms with van der Waals surface area (Å²) in [6, 6.07) is 2.14. The van der Waals surface area contributed by atoms with Crippen LogP contribution in [0.1, 0.15) is 43.7 Å². The van der Waals surface area contributed by atoms with Crippen molar-refractivity contribution in [2.75, 3.05) is 11.9 Å². The molecule has 3 N–H and O–H groups in total. The minimum atomic E-state index is -0.309. The molecule has 2 aromatic heterocycles. The van der Waals surface area contributed by atoms with Crippen molar-refractivity contribution in [2.24, 2.45) is 5.92 Å². The van der Waals surface area contributed by atoms with Gasteiger partial charge in [0, 0.05) is 23.7 Å². The highest BCUT2D eigenvalue weighted by molar-refractivity contribution is 5.68. The zero-order valence-electron chi connectivity index (χ0n) is 14.9. The maximum absolute atomic E-state index is 12.1. The van der Waals surface area contributed by atoms with Crippen LogP contribution in [0, 0.1) is 5.92 Å². The number of carbonyl (C=O) groups excluding carboxylic acids is 1. The summed E-state index contributed by atoms with van der Waals surface area (Å²) in [6.45, 7) is 0.558. The monoisotopic (exact) mass is 370 g/mol. The number of H-pyrrole nitrogens is 1. The maximum Gasteiger partial charge on any atom is 0.407 e. The number of carbonyl (C=O) groups is 1. The van der Waals surface area contributed by atoms with Gasteiger partial charge in [-0.15, -0.1) is 0 Å². The Hall–Kier alpha value is -2.84. The largest absolute Gasteiger partial charge is 0.476 e. The predicted molar refractivity (Wildman–Crippen MR) is 95.9 cm³/mol. The van der Waals surface area contributed by atoms with E-state index in [1.165, 1.54) is 0 Å². The number of amides is 1. The minimum Gasteiger partial charge on any atom is -0.476 e. The smallest absolute Gasteiger partial charge is 0.407 e. The summed E-state index contributed by atoms with van der Waals surface area (Å²) in [4.78, 5) is 20.8. The van der Waals surface area contributed by atoms with E-state index in [9.17, 15) is 4.79 Å². The molecule has 9 heteroatoms. The van der Waals surface area contributed by atoms with Crippen molar-refractivity contribution >= 4 is 17.7 Å². The Balaban J connectivity index is 1.36. The molecule has 4 aliphatic rings. The van der Waals surface area contributed by atoms with Crippen molar-refractivity contribution in [3.05, 3.63) is 24.2 Å². The standard InChI is InChI=1S/C18H22N6O3/c25-18-20-12-3-10(4-12)9-26-17-8-19-7-16(22-17)21-15-6-14(23-24-15)11-1-2-13(5-11)27-18/h6-8,10-13H,1-5,9H2,(H,20,25)(H2,21,22,23,24)/t10?,11-,12?,13+/m0/s1. The lowest BCUT2D eigenvalue weighted by Crippen LogP contribution is -2.46. The van der Waals surface area contributed by atoms with Gasteiger partial charge in [0.15, 0.2) is 11.6 Å². The lowest BCUT2D eigenvalue weighted by Gasteiger charge is -2.35. The van der Waals surface area contributed by atoms with Gasteiger partial charge in [-0.05, 0) is 38.0 Å². The zero-order chi connectivity index (χ0) is 18.2. The van der Waals surface area contributed by atoms with Crippen LogP contribution in [0.25, 0.3) is 0 Å². The van der Waals surface area contributed by atoms with E-state index >= 15 is 0 Å². The average molecular weight is 370 g/mol. The Labute approximate surface area is 156 Å². The van der Waals surface area contributed by atoms with E-state index in [2.05, 4.69) is 30.8 Å². The fourth-order valence-electron chi connectivity index (χ4n) is 4.09. The van der Waals surface area contributed by atoms with Gasteiger partial charge in [-0.1, -0.05) is 0 Å². The molecule has 1 amide bonds. The topological polar surface area (TPSA) is 114 Å². The van der Waals surface area contributed by atoms with Crippen molar-refractivity contribution in [2.45, 2.75) is 50.2 Å². The molecule has 2 saturated carbocycles. The number of nitrogens with zero attached hydrogens (tertiary/aromatic N) is 3. The van der Waals surface area contributed by atoms with E-state index in [1.54, 1.807) is 12.4 Å². The third-order valence-electron chi connectivity index (χ3n) is 5.59. The number of alkyl carbamates (subject to hydrolysis) is 1. The first-order chi connectivity index (χ1) is 13.2. The van der Waals surface area contributed by atoms with Crippen LogP contribution in [0.5, 0.6) is 5.88 Å². The second kappa shape index (κ2) is 6.71. The average Bonchev–Trinajstić information content (AvgIpc) is 3.26. The third kappa shape index (κ3) is 3.54. The van der Waals surface area contributed by atoms with Gasteiger partial charge in [0.1, 0.15) is 6.10 Å². The Bertz CT molecular complexity index is 834. The highest BCUT2D eigenvalue weighted by atomic mass is 16.6. The van der Waals surface area contributed by atoms with Gasteiger partial charge in [-0.25, -0.2) is 4.79 Å². The number of anilines is 2. The van der Waals surface area contributed by atoms with Crippen LogP contribution in [-0.2, 0) is 4.74 Å². The maximum atomic E-state index is 12.1. The lowest BCUT2D eigenvalue weighted by molar-refractivity contribution is 0.0813. The molecule has 9 nitrogen and oxygen atoms in total. The van der Waals surface area contributed by atoms with E-state index in [4.69, 9.17) is 9.47 Å². The van der Waals surface area contributed by atoms with E-state index < -0.39 is 0 Å². The first-order valence-electron chi connectivity index (χ1n) is 9.45. The normalized spacial score (nSPS) is 29.9. The molecule has 2 aromatic rings. The predicted octanol–water partition coefficient (Wildman–Crippen LogP) is 2.48. The van der Waals surface area contributed by atoms with Gasteiger partial charge >= 0.3 is 6.09 Å². The first-order valence-corrected chi connectivity index (χ1v) is 9.45. The molecule has 6 rings (SSSR count). The number of aromatic nitrogens is 4. The summed E-state index contributed by atoms with van der Waals surface area (Å²) in [5, 5.41) is 13.5. The molecule has 142 valence electrons. The van der Waals surface area contributed by atoms with Crippen molar-refractivity contribution in [3.63, 3.8) is 0 Å². The molecule has 4 heterocycles. The van der Waals surface area contributed by atoms with Crippen LogP contribution in [0.2, 0.25) is 0 Å². The highest BCUT2D eigenvalue weighted by Gasteiger charge is 2.34. The molecule has 0 radical (unpaired) electrons. The number of rotatable bonds is 0. The molecule has 2 aliphatic carbocycles. The molecule has 8 bridgehead atoms. The van der Waals surface area contributed by atoms with E-state index in [0.717, 1.165) is 37.8 Å². The highest BCUT2D eigenvalue weighted by Crippen LogP contribution is 2.36. The minimum absolute atomic E-state index is 0.0460. The molecule has 2 fully saturated rings. The number of ether oxygens (including phenoxy) is 2. The van der Waals surface area contributed by atoms with Crippen LogP contribution in [0.4, 0.5) is 16.4 Å². The molecular weight excluding hydrogens is 348 g/mol. The molecule has 0 unspecified atom stereocenters. The Morgan fingerprint density at radius 3 is 2.96 bits per heavy atom. The van der Waals surface area contributed by atoms with E-state index in [0.29, 0.717) is 36.0 Å². The number of aromatic amines is 1. The van der Waals surface area contributed by atoms with Gasteiger partial charge in [-0.2, -0.15) is 10.1 Å². The summed E-state index contributed by atoms with van der Waals surface area (Å²) >= 11 is 0. The molecule has 0 aromatic carbocycles. The molecule has 2 aliphatic heterocycles. The first kappa shape index (κ1) is 16.3. The summed E-state index contributed by atoms with van der Waals surface area (Å²) in [5.74, 6) is 2.46. The molecule has 2 atom stereocenters. The van der Waals surface area contributed by atoms with Crippen LogP contribution in [0.15, 0.2) is 18.5 Å². The van der Waals surface area contributed by atoms with Gasteiger partial charge in [-0.3, -0.25) is 10.1 Å². The summed E-state index contributed by atoms with van der Waals surface area (Å²) in [7, 11) is 0. The van der Waals surface area contributed by atoms with Crippen molar-refractivity contribution < 1.29 is 14.3 Å². The molecule has 0 spiro atoms. The zero-order valence-corrected chi connectivity index (χ0v) is 14.9. The Morgan fingerprint density at radius 2 is 2.04 bits per heavy atom. The van der Waals surface area contributed by atoms with Crippen molar-refractivity contribution in [3.8, 4) is 5.88 Å². The molecule has 0 saturated heterocycles. The second-order valence-corrected chi connectivity index (χ2v) is 7.60. The lowest BCUT2D eigenvalue weighted by atomic mass is 9.81. The van der Waals surface area contributed by atoms with Crippen molar-refractivity contribution in [1.82, 2.24) is 25.5 Å². The van der Waals surface area contributed by atoms with Crippen LogP contribution < -0.4 is 15.4 Å².